The molecule has 10 heteroatoms. The van der Waals surface area contributed by atoms with Crippen molar-refractivity contribution in [2.24, 2.45) is 0 Å². The fraction of sp³-hybridized carbons (Fsp3) is 0.465. The van der Waals surface area contributed by atoms with E-state index >= 15 is 0 Å². The lowest BCUT2D eigenvalue weighted by Gasteiger charge is -2.28. The molecular formula is C86H128NO8P. The highest BCUT2D eigenvalue weighted by Crippen LogP contribution is 2.38. The molecule has 0 amide bonds. The van der Waals surface area contributed by atoms with Gasteiger partial charge < -0.3 is 27.9 Å². The van der Waals surface area contributed by atoms with Crippen LogP contribution in [0.1, 0.15) is 206 Å². The average molecular weight is 1330 g/mol. The smallest absolute Gasteiger partial charge is 0.306 e. The van der Waals surface area contributed by atoms with E-state index < -0.39 is 32.5 Å². The molecule has 0 aromatic heterocycles. The van der Waals surface area contributed by atoms with Crippen molar-refractivity contribution in [1.29, 1.82) is 0 Å². The second-order valence-electron chi connectivity index (χ2n) is 23.8. The fourth-order valence-corrected chi connectivity index (χ4v) is 9.04. The summed E-state index contributed by atoms with van der Waals surface area (Å²) >= 11 is 0. The van der Waals surface area contributed by atoms with Gasteiger partial charge in [0.2, 0.25) is 0 Å². The van der Waals surface area contributed by atoms with Crippen molar-refractivity contribution in [1.82, 2.24) is 0 Å². The van der Waals surface area contributed by atoms with E-state index in [9.17, 15) is 19.0 Å². The summed E-state index contributed by atoms with van der Waals surface area (Å²) in [4.78, 5) is 38.0. The highest BCUT2D eigenvalue weighted by Gasteiger charge is 2.22. The zero-order valence-electron chi connectivity index (χ0n) is 60.2. The Hall–Kier alpha value is -6.71. The Labute approximate surface area is 586 Å². The van der Waals surface area contributed by atoms with Gasteiger partial charge in [-0.25, -0.2) is 0 Å². The predicted octanol–water partition coefficient (Wildman–Crippen LogP) is 23.6. The van der Waals surface area contributed by atoms with Crippen LogP contribution in [-0.2, 0) is 32.7 Å². The molecule has 96 heavy (non-hydrogen) atoms. The van der Waals surface area contributed by atoms with Gasteiger partial charge >= 0.3 is 11.9 Å². The lowest BCUT2D eigenvalue weighted by molar-refractivity contribution is -0.870. The Morgan fingerprint density at radius 3 is 0.792 bits per heavy atom. The molecule has 0 N–H and O–H groups in total. The number of phosphoric acid groups is 1. The maximum absolute atomic E-state index is 12.9. The first-order valence-electron chi connectivity index (χ1n) is 36.0. The van der Waals surface area contributed by atoms with Gasteiger partial charge in [0.05, 0.1) is 27.7 Å². The van der Waals surface area contributed by atoms with Crippen molar-refractivity contribution in [3.05, 3.63) is 267 Å². The highest BCUT2D eigenvalue weighted by molar-refractivity contribution is 7.45. The monoisotopic (exact) mass is 1330 g/mol. The number of rotatable bonds is 62. The van der Waals surface area contributed by atoms with Gasteiger partial charge in [-0.1, -0.05) is 281 Å². The number of quaternary nitrogens is 1. The molecule has 2 unspecified atom stereocenters. The van der Waals surface area contributed by atoms with Crippen LogP contribution in [0.25, 0.3) is 0 Å². The molecule has 0 aliphatic carbocycles. The second-order valence-corrected chi connectivity index (χ2v) is 25.2. The van der Waals surface area contributed by atoms with Crippen molar-refractivity contribution < 1.29 is 42.1 Å². The Bertz CT molecular complexity index is 2620. The lowest BCUT2D eigenvalue weighted by atomic mass is 10.1. The topological polar surface area (TPSA) is 111 Å². The molecule has 0 aromatic carbocycles. The van der Waals surface area contributed by atoms with Crippen LogP contribution in [0.3, 0.4) is 0 Å². The summed E-state index contributed by atoms with van der Waals surface area (Å²) < 4.78 is 34.2. The maximum atomic E-state index is 12.9. The molecule has 0 saturated heterocycles. The van der Waals surface area contributed by atoms with Gasteiger partial charge in [-0.05, 0) is 180 Å². The van der Waals surface area contributed by atoms with Crippen molar-refractivity contribution >= 4 is 19.8 Å². The molecule has 0 spiro atoms. The third kappa shape index (κ3) is 76.3. The minimum Gasteiger partial charge on any atom is -0.756 e. The Morgan fingerprint density at radius 1 is 0.323 bits per heavy atom. The molecule has 0 bridgehead atoms. The molecule has 0 aliphatic rings. The number of ether oxygens (including phenoxy) is 2. The molecular weight excluding hydrogens is 1210 g/mol. The Kier molecular flexibility index (Phi) is 67.5. The molecule has 0 saturated carbocycles. The average Bonchev–Trinajstić information content (AvgIpc) is 1.98. The van der Waals surface area contributed by atoms with E-state index in [0.29, 0.717) is 23.9 Å². The van der Waals surface area contributed by atoms with Crippen molar-refractivity contribution in [3.63, 3.8) is 0 Å². The molecule has 2 atom stereocenters. The number of hydrogen-bond donors (Lipinski definition) is 0. The van der Waals surface area contributed by atoms with Crippen LogP contribution >= 0.6 is 7.82 Å². The normalized spacial score (nSPS) is 14.7. The molecule has 0 heterocycles. The van der Waals surface area contributed by atoms with Gasteiger partial charge in [-0.15, -0.1) is 0 Å². The molecule has 0 radical (unpaired) electrons. The number of hydrogen-bond acceptors (Lipinski definition) is 8. The first kappa shape index (κ1) is 89.3. The number of allylic oxidation sites excluding steroid dienone is 44. The lowest BCUT2D eigenvalue weighted by Crippen LogP contribution is -2.37. The SMILES string of the molecule is CC/C=C\C/C=C\C/C=C\C/C=C\C/C=C\C/C=C\C/C=C\C/C=C\C/C=C\C/C=C\C/C=C\C/C=C\CCCCC(=O)OC(COC(=O)CCCC/C=C\C/C=C\C/C=C\C/C=C\C/C=C\C/C=C\C/C=C\C/C=C\C/C=C\C/C=C\CC)COP(=O)([O-])OCC[N+](C)(C)C. The van der Waals surface area contributed by atoms with Crippen molar-refractivity contribution in [2.45, 2.75) is 213 Å². The van der Waals surface area contributed by atoms with Gasteiger partial charge in [0.1, 0.15) is 19.8 Å². The fourth-order valence-electron chi connectivity index (χ4n) is 8.31. The number of likely N-dealkylation sites (N-methyl/N-ethyl adjacent to an activating group) is 1. The molecule has 9 nitrogen and oxygen atoms in total. The summed E-state index contributed by atoms with van der Waals surface area (Å²) in [5.74, 6) is -0.962. The zero-order valence-corrected chi connectivity index (χ0v) is 61.1. The summed E-state index contributed by atoms with van der Waals surface area (Å²) in [7, 11) is 1.07. The number of carbonyl (C=O) groups excluding carboxylic acids is 2. The van der Waals surface area contributed by atoms with E-state index in [1.165, 1.54) is 0 Å². The van der Waals surface area contributed by atoms with E-state index in [1.54, 1.807) is 0 Å². The molecule has 0 fully saturated rings. The standard InChI is InChI=1S/C86H128NO8P/c1-6-8-10-12-14-16-18-20-22-24-26-28-30-32-34-36-38-40-41-42-43-44-45-47-49-51-53-55-57-59-61-63-65-67-69-71-73-75-77-79-86(89)95-84(83-94-96(90,91)93-81-80-87(3,4)5)82-92-85(88)78-76-74-72-70-68-66-64-62-60-58-56-54-52-50-48-46-39-37-35-33-31-29-27-25-23-21-19-17-15-13-11-9-7-2/h8-11,14-17,20-23,26-29,32-35,38-40,42-43,45-47,50-53,56-59,62-65,68-71,84H,6-7,12-13,18-19,24-25,30-31,36-37,41,44,48-49,54-55,60-61,66-67,72-83H2,1-5H3/b10-8-,11-9-,16-14-,17-15-,22-20-,23-21-,28-26-,29-27-,34-32-,35-33-,40-38-,43-42-,46-39-,47-45-,52-50-,53-51-,58-56-,59-57-,64-62-,65-63-,70-68-,71-69-. The van der Waals surface area contributed by atoms with Crippen LogP contribution < -0.4 is 4.89 Å². The largest absolute Gasteiger partial charge is 0.756 e. The second kappa shape index (κ2) is 72.6. The van der Waals surface area contributed by atoms with Crippen LogP contribution in [0.2, 0.25) is 0 Å². The minimum absolute atomic E-state index is 0.0631. The third-order valence-corrected chi connectivity index (χ3v) is 14.7. The molecule has 0 aliphatic heterocycles. The molecule has 0 rings (SSSR count). The third-order valence-electron chi connectivity index (χ3n) is 13.7. The quantitative estimate of drug-likeness (QED) is 0.0195. The van der Waals surface area contributed by atoms with Crippen LogP contribution in [-0.4, -0.2) is 70.0 Å². The molecule has 530 valence electrons. The predicted molar refractivity (Wildman–Crippen MR) is 414 cm³/mol. The number of esters is 2. The maximum Gasteiger partial charge on any atom is 0.306 e. The summed E-state index contributed by atoms with van der Waals surface area (Å²) in [6, 6.07) is 0. The van der Waals surface area contributed by atoms with E-state index in [4.69, 9.17) is 18.5 Å². The van der Waals surface area contributed by atoms with Crippen LogP contribution in [0.5, 0.6) is 0 Å². The van der Waals surface area contributed by atoms with E-state index in [1.807, 2.05) is 21.1 Å². The summed E-state index contributed by atoms with van der Waals surface area (Å²) in [6.07, 6.45) is 122. The number of phosphoric ester groups is 1. The van der Waals surface area contributed by atoms with Crippen LogP contribution in [0.4, 0.5) is 0 Å². The van der Waals surface area contributed by atoms with E-state index in [-0.39, 0.29) is 26.1 Å². The highest BCUT2D eigenvalue weighted by atomic mass is 31.2. The van der Waals surface area contributed by atoms with Crippen LogP contribution in [0.15, 0.2) is 267 Å². The summed E-state index contributed by atoms with van der Waals surface area (Å²) in [5.41, 5.74) is 0. The first-order chi connectivity index (χ1) is 47.0. The van der Waals surface area contributed by atoms with Gasteiger partial charge in [-0.2, -0.15) is 0 Å². The number of carbonyl (C=O) groups is 2. The van der Waals surface area contributed by atoms with Crippen molar-refractivity contribution in [2.75, 3.05) is 47.5 Å². The summed E-state index contributed by atoms with van der Waals surface area (Å²) in [5, 5.41) is 0. The Morgan fingerprint density at radius 2 is 0.552 bits per heavy atom. The van der Waals surface area contributed by atoms with Crippen LogP contribution in [0, 0.1) is 0 Å². The Balaban J connectivity index is 4.33. The van der Waals surface area contributed by atoms with E-state index in [0.717, 1.165) is 167 Å². The van der Waals surface area contributed by atoms with E-state index in [2.05, 4.69) is 281 Å². The number of unbranched alkanes of at least 4 members (excludes halogenated alkanes) is 4. The zero-order chi connectivity index (χ0) is 69.7. The minimum atomic E-state index is -4.69. The first-order valence-corrected chi connectivity index (χ1v) is 37.5. The van der Waals surface area contributed by atoms with Gasteiger partial charge in [0.25, 0.3) is 7.82 Å². The number of nitrogens with zero attached hydrogens (tertiary/aromatic N) is 1. The molecule has 0 aromatic rings. The van der Waals surface area contributed by atoms with Gasteiger partial charge in [-0.3, -0.25) is 14.2 Å². The van der Waals surface area contributed by atoms with Gasteiger partial charge in [0.15, 0.2) is 6.10 Å². The summed E-state index contributed by atoms with van der Waals surface area (Å²) in [6.45, 7) is 3.86. The van der Waals surface area contributed by atoms with Crippen molar-refractivity contribution in [3.8, 4) is 0 Å². The van der Waals surface area contributed by atoms with Gasteiger partial charge in [0, 0.05) is 12.8 Å².